The van der Waals surface area contributed by atoms with E-state index in [0.717, 1.165) is 21.7 Å². The summed E-state index contributed by atoms with van der Waals surface area (Å²) >= 11 is 0. The molecule has 0 atom stereocenters. The third kappa shape index (κ3) is 5.49. The van der Waals surface area contributed by atoms with Gasteiger partial charge in [-0.2, -0.15) is 0 Å². The highest BCUT2D eigenvalue weighted by Crippen LogP contribution is 2.17. The highest BCUT2D eigenvalue weighted by atomic mass is 16.4. The second kappa shape index (κ2) is 11.2. The maximum absolute atomic E-state index is 13.1. The minimum atomic E-state index is -1.07. The lowest BCUT2D eigenvalue weighted by Gasteiger charge is -2.12. The van der Waals surface area contributed by atoms with Crippen molar-refractivity contribution >= 4 is 34.9 Å². The number of imidazole rings is 1. The van der Waals surface area contributed by atoms with Gasteiger partial charge in [-0.25, -0.2) is 19.2 Å². The zero-order valence-corrected chi connectivity index (χ0v) is 21.7. The molecule has 212 valence electrons. The summed E-state index contributed by atoms with van der Waals surface area (Å²) in [5.41, 5.74) is 6.20. The van der Waals surface area contributed by atoms with Gasteiger partial charge in [0.15, 0.2) is 0 Å². The molecule has 0 aliphatic rings. The highest BCUT2D eigenvalue weighted by molar-refractivity contribution is 5.98. The van der Waals surface area contributed by atoms with Crippen LogP contribution in [0.15, 0.2) is 70.4 Å². The first-order chi connectivity index (χ1) is 20.1. The molecule has 2 heterocycles. The average molecular weight is 570 g/mol. The fourth-order valence-electron chi connectivity index (χ4n) is 4.20. The van der Waals surface area contributed by atoms with Gasteiger partial charge in [0.2, 0.25) is 11.7 Å². The molecule has 2 amide bonds. The Bertz CT molecular complexity index is 1920. The summed E-state index contributed by atoms with van der Waals surface area (Å²) in [4.78, 5) is 68.1. The van der Waals surface area contributed by atoms with Gasteiger partial charge in [-0.15, -0.1) is 0 Å². The lowest BCUT2D eigenvalue weighted by molar-refractivity contribution is 0.0696. The fourth-order valence-corrected chi connectivity index (χ4v) is 4.20. The standard InChI is InChI=1S/C28H23N7O7/c29-21-22(24(38)23(21)37)30-11-15-2-1-3-16(8-15)12-31-25(39)18-9-19(35-20(36)13-33-28(35)34-18)26(40)32-10-14-4-6-17(7-5-14)27(41)42/h1-9,13,30,36H,10-12,29H2,(H,31,39)(H,32,40)(H,41,42). The second-order valence-corrected chi connectivity index (χ2v) is 9.27. The van der Waals surface area contributed by atoms with Crippen LogP contribution in [0, 0.1) is 0 Å². The minimum Gasteiger partial charge on any atom is -0.493 e. The maximum atomic E-state index is 13.1. The summed E-state index contributed by atoms with van der Waals surface area (Å²) in [6.45, 7) is 0.398. The summed E-state index contributed by atoms with van der Waals surface area (Å²) in [6.07, 6.45) is 1.10. The van der Waals surface area contributed by atoms with Crippen molar-refractivity contribution in [2.24, 2.45) is 0 Å². The highest BCUT2D eigenvalue weighted by Gasteiger charge is 2.20. The number of amides is 2. The number of nitrogen functional groups attached to an aromatic ring is 1. The summed E-state index contributed by atoms with van der Waals surface area (Å²) in [7, 11) is 0. The molecule has 3 aromatic carbocycles. The number of aromatic carboxylic acids is 1. The quantitative estimate of drug-likeness (QED) is 0.129. The number of carbonyl (C=O) groups is 3. The number of carboxylic acids is 1. The lowest BCUT2D eigenvalue weighted by atomic mass is 10.1. The van der Waals surface area contributed by atoms with Gasteiger partial charge in [-0.1, -0.05) is 36.4 Å². The van der Waals surface area contributed by atoms with Crippen LogP contribution in [0.3, 0.4) is 0 Å². The molecule has 5 aromatic rings. The predicted octanol–water partition coefficient (Wildman–Crippen LogP) is 0.783. The Morgan fingerprint density at radius 1 is 0.857 bits per heavy atom. The summed E-state index contributed by atoms with van der Waals surface area (Å²) < 4.78 is 1.10. The number of nitrogens with one attached hydrogen (secondary N) is 3. The first kappa shape index (κ1) is 27.5. The van der Waals surface area contributed by atoms with E-state index >= 15 is 0 Å². The monoisotopic (exact) mass is 569 g/mol. The number of benzene rings is 2. The number of anilines is 2. The van der Waals surface area contributed by atoms with Gasteiger partial charge in [0.25, 0.3) is 22.7 Å². The van der Waals surface area contributed by atoms with Crippen molar-refractivity contribution in [1.82, 2.24) is 25.0 Å². The van der Waals surface area contributed by atoms with E-state index in [-0.39, 0.29) is 59.6 Å². The zero-order chi connectivity index (χ0) is 30.0. The fraction of sp³-hybridized carbons (Fsp3) is 0.107. The Morgan fingerprint density at radius 2 is 1.52 bits per heavy atom. The molecular formula is C28H23N7O7. The number of rotatable bonds is 10. The third-order valence-corrected chi connectivity index (χ3v) is 6.44. The maximum Gasteiger partial charge on any atom is 0.335 e. The molecule has 0 saturated heterocycles. The normalized spacial score (nSPS) is 11.0. The Balaban J connectivity index is 1.27. The molecule has 7 N–H and O–H groups in total. The number of carboxylic acid groups (broad SMARTS) is 1. The zero-order valence-electron chi connectivity index (χ0n) is 21.7. The predicted molar refractivity (Wildman–Crippen MR) is 150 cm³/mol. The SMILES string of the molecule is Nc1c(NCc2cccc(CNC(=O)c3cc(C(=O)NCc4ccc(C(=O)O)cc4)n4c(O)cnc4n3)c2)c(=O)c1=O. The Hall–Kier alpha value is -6.05. The smallest absolute Gasteiger partial charge is 0.335 e. The number of hydrogen-bond donors (Lipinski definition) is 6. The molecule has 14 nitrogen and oxygen atoms in total. The van der Waals surface area contributed by atoms with Gasteiger partial charge < -0.3 is 31.9 Å². The lowest BCUT2D eigenvalue weighted by Crippen LogP contribution is -2.36. The second-order valence-electron chi connectivity index (χ2n) is 9.27. The van der Waals surface area contributed by atoms with Gasteiger partial charge >= 0.3 is 5.97 Å². The van der Waals surface area contributed by atoms with Crippen LogP contribution in [0.25, 0.3) is 5.78 Å². The molecule has 2 aromatic heterocycles. The van der Waals surface area contributed by atoms with E-state index in [2.05, 4.69) is 25.9 Å². The van der Waals surface area contributed by atoms with Crippen LogP contribution < -0.4 is 32.5 Å². The van der Waals surface area contributed by atoms with Gasteiger partial charge in [0.1, 0.15) is 22.8 Å². The molecule has 0 spiro atoms. The van der Waals surface area contributed by atoms with Crippen LogP contribution in [0.1, 0.15) is 48.0 Å². The van der Waals surface area contributed by atoms with Gasteiger partial charge in [0.05, 0.1) is 11.8 Å². The Labute approximate surface area is 236 Å². The summed E-state index contributed by atoms with van der Waals surface area (Å²) in [5, 5.41) is 27.5. The molecule has 5 rings (SSSR count). The van der Waals surface area contributed by atoms with Gasteiger partial charge in [0, 0.05) is 19.6 Å². The number of nitrogens with zero attached hydrogens (tertiary/aromatic N) is 3. The van der Waals surface area contributed by atoms with Crippen molar-refractivity contribution in [3.8, 4) is 5.88 Å². The number of hydrogen-bond acceptors (Lipinski definition) is 10. The van der Waals surface area contributed by atoms with Crippen LogP contribution in [0.4, 0.5) is 11.4 Å². The van der Waals surface area contributed by atoms with Crippen molar-refractivity contribution < 1.29 is 24.6 Å². The molecule has 42 heavy (non-hydrogen) atoms. The number of aromatic hydroxyl groups is 1. The van der Waals surface area contributed by atoms with E-state index in [1.54, 1.807) is 36.4 Å². The molecule has 0 unspecified atom stereocenters. The summed E-state index contributed by atoms with van der Waals surface area (Å²) in [6, 6.07) is 14.3. The molecule has 0 radical (unpaired) electrons. The van der Waals surface area contributed by atoms with E-state index in [4.69, 9.17) is 10.8 Å². The first-order valence-electron chi connectivity index (χ1n) is 12.5. The van der Waals surface area contributed by atoms with Crippen LogP contribution in [-0.2, 0) is 19.6 Å². The van der Waals surface area contributed by atoms with Crippen molar-refractivity contribution in [2.75, 3.05) is 11.1 Å². The topological polar surface area (TPSA) is 218 Å². The molecule has 14 heteroatoms. The van der Waals surface area contributed by atoms with Crippen molar-refractivity contribution in [3.05, 3.63) is 115 Å². The number of aromatic nitrogens is 3. The molecule has 0 saturated carbocycles. The first-order valence-corrected chi connectivity index (χ1v) is 12.5. The minimum absolute atomic E-state index is 0.0546. The Kier molecular flexibility index (Phi) is 7.34. The van der Waals surface area contributed by atoms with E-state index in [1.807, 2.05) is 0 Å². The number of fused-ring (bicyclic) bond motifs is 1. The summed E-state index contributed by atoms with van der Waals surface area (Å²) in [5.74, 6) is -2.72. The van der Waals surface area contributed by atoms with E-state index in [0.29, 0.717) is 5.56 Å². The van der Waals surface area contributed by atoms with Crippen molar-refractivity contribution in [1.29, 1.82) is 0 Å². The van der Waals surface area contributed by atoms with Crippen LogP contribution in [0.2, 0.25) is 0 Å². The van der Waals surface area contributed by atoms with E-state index in [9.17, 15) is 29.1 Å². The molecule has 0 fully saturated rings. The van der Waals surface area contributed by atoms with Crippen molar-refractivity contribution in [2.45, 2.75) is 19.6 Å². The van der Waals surface area contributed by atoms with Gasteiger partial charge in [-0.3, -0.25) is 19.2 Å². The number of nitrogens with two attached hydrogens (primary N) is 1. The molecule has 0 aliphatic heterocycles. The number of carbonyl (C=O) groups excluding carboxylic acids is 2. The third-order valence-electron chi connectivity index (χ3n) is 6.44. The van der Waals surface area contributed by atoms with Crippen LogP contribution in [0.5, 0.6) is 5.88 Å². The van der Waals surface area contributed by atoms with Crippen LogP contribution >= 0.6 is 0 Å². The van der Waals surface area contributed by atoms with Crippen LogP contribution in [-0.4, -0.2) is 42.4 Å². The largest absolute Gasteiger partial charge is 0.493 e. The Morgan fingerprint density at radius 3 is 2.21 bits per heavy atom. The van der Waals surface area contributed by atoms with E-state index < -0.39 is 28.6 Å². The molecule has 0 aliphatic carbocycles. The molecule has 0 bridgehead atoms. The average Bonchev–Trinajstić information content (AvgIpc) is 3.38. The van der Waals surface area contributed by atoms with E-state index in [1.165, 1.54) is 18.2 Å². The van der Waals surface area contributed by atoms with Gasteiger partial charge in [-0.05, 0) is 34.9 Å². The van der Waals surface area contributed by atoms with Crippen molar-refractivity contribution in [3.63, 3.8) is 0 Å². The molecular weight excluding hydrogens is 546 g/mol.